The van der Waals surface area contributed by atoms with Gasteiger partial charge in [0.1, 0.15) is 0 Å². The second-order valence-corrected chi connectivity index (χ2v) is 9.90. The van der Waals surface area contributed by atoms with Crippen LogP contribution in [0.4, 0.5) is 0 Å². The first-order chi connectivity index (χ1) is 11.5. The molecule has 25 heavy (non-hydrogen) atoms. The van der Waals surface area contributed by atoms with Crippen LogP contribution >= 0.6 is 24.0 Å². The summed E-state index contributed by atoms with van der Waals surface area (Å²) in [5.41, 5.74) is 0. The number of halogens is 1. The minimum absolute atomic E-state index is 0. The molecule has 2 unspecified atom stereocenters. The molecule has 8 heteroatoms. The third-order valence-corrected chi connectivity index (χ3v) is 7.27. The molecule has 0 bridgehead atoms. The van der Waals surface area contributed by atoms with Gasteiger partial charge >= 0.3 is 0 Å². The van der Waals surface area contributed by atoms with Crippen LogP contribution in [0.3, 0.4) is 0 Å². The number of rotatable bonds is 5. The molecule has 1 saturated carbocycles. The van der Waals surface area contributed by atoms with Gasteiger partial charge < -0.3 is 15.0 Å². The molecule has 3 fully saturated rings. The zero-order valence-electron chi connectivity index (χ0n) is 15.2. The SMILES string of the molecule is CN(CC1CCOC1)C(=NCC1CCS(=O)(=O)C1)NC1CCCC1.I. The van der Waals surface area contributed by atoms with Crippen LogP contribution in [0, 0.1) is 11.8 Å². The van der Waals surface area contributed by atoms with Crippen LogP contribution < -0.4 is 5.32 Å². The molecular formula is C17H32IN3O3S. The maximum Gasteiger partial charge on any atom is 0.193 e. The molecule has 0 aromatic heterocycles. The fourth-order valence-electron chi connectivity index (χ4n) is 3.96. The first kappa shape index (κ1) is 21.2. The van der Waals surface area contributed by atoms with Gasteiger partial charge in [0, 0.05) is 38.7 Å². The Morgan fingerprint density at radius 2 is 1.96 bits per heavy atom. The largest absolute Gasteiger partial charge is 0.381 e. The van der Waals surface area contributed by atoms with Crippen molar-refractivity contribution in [2.45, 2.75) is 44.6 Å². The lowest BCUT2D eigenvalue weighted by molar-refractivity contribution is 0.181. The third kappa shape index (κ3) is 6.53. The average Bonchev–Trinajstić information content (AvgIpc) is 3.26. The Kier molecular flexibility index (Phi) is 8.26. The Morgan fingerprint density at radius 3 is 2.56 bits per heavy atom. The summed E-state index contributed by atoms with van der Waals surface area (Å²) in [7, 11) is -0.737. The molecule has 0 radical (unpaired) electrons. The normalized spacial score (nSPS) is 29.6. The van der Waals surface area contributed by atoms with E-state index in [1.54, 1.807) is 0 Å². The second kappa shape index (κ2) is 9.73. The van der Waals surface area contributed by atoms with Crippen LogP contribution in [0.15, 0.2) is 4.99 Å². The molecule has 2 aliphatic heterocycles. The predicted molar refractivity (Wildman–Crippen MR) is 111 cm³/mol. The predicted octanol–water partition coefficient (Wildman–Crippen LogP) is 1.90. The van der Waals surface area contributed by atoms with E-state index in [0.717, 1.165) is 38.6 Å². The molecule has 0 aromatic rings. The molecule has 0 aromatic carbocycles. The average molecular weight is 485 g/mol. The number of guanidine groups is 1. The lowest BCUT2D eigenvalue weighted by atomic mass is 10.1. The number of hydrogen-bond acceptors (Lipinski definition) is 4. The number of ether oxygens (including phenoxy) is 1. The van der Waals surface area contributed by atoms with Crippen molar-refractivity contribution in [1.82, 2.24) is 10.2 Å². The van der Waals surface area contributed by atoms with Crippen LogP contribution in [0.25, 0.3) is 0 Å². The van der Waals surface area contributed by atoms with E-state index in [1.807, 2.05) is 0 Å². The topological polar surface area (TPSA) is 71.0 Å². The fourth-order valence-corrected chi connectivity index (χ4v) is 5.81. The van der Waals surface area contributed by atoms with E-state index in [-0.39, 0.29) is 29.9 Å². The molecule has 3 rings (SSSR count). The number of aliphatic imine (C=N–C) groups is 1. The minimum Gasteiger partial charge on any atom is -0.381 e. The highest BCUT2D eigenvalue weighted by Gasteiger charge is 2.28. The van der Waals surface area contributed by atoms with E-state index in [2.05, 4.69) is 17.3 Å². The number of nitrogens with zero attached hydrogens (tertiary/aromatic N) is 2. The molecule has 2 atom stereocenters. The molecule has 1 aliphatic carbocycles. The summed E-state index contributed by atoms with van der Waals surface area (Å²) in [6.07, 6.45) is 6.84. The molecule has 2 heterocycles. The van der Waals surface area contributed by atoms with Gasteiger partial charge in [-0.1, -0.05) is 12.8 Å². The highest BCUT2D eigenvalue weighted by atomic mass is 127. The summed E-state index contributed by atoms with van der Waals surface area (Å²) < 4.78 is 28.8. The van der Waals surface area contributed by atoms with E-state index >= 15 is 0 Å². The van der Waals surface area contributed by atoms with Gasteiger partial charge in [-0.15, -0.1) is 24.0 Å². The molecule has 2 saturated heterocycles. The first-order valence-electron chi connectivity index (χ1n) is 9.32. The number of sulfone groups is 1. The first-order valence-corrected chi connectivity index (χ1v) is 11.1. The van der Waals surface area contributed by atoms with Crippen molar-refractivity contribution in [3.05, 3.63) is 0 Å². The van der Waals surface area contributed by atoms with Crippen molar-refractivity contribution in [1.29, 1.82) is 0 Å². The Hall–Kier alpha value is -0.0900. The van der Waals surface area contributed by atoms with Crippen molar-refractivity contribution in [2.24, 2.45) is 16.8 Å². The molecule has 0 spiro atoms. The molecule has 0 amide bonds. The summed E-state index contributed by atoms with van der Waals surface area (Å²) in [4.78, 5) is 7.01. The minimum atomic E-state index is -2.82. The smallest absolute Gasteiger partial charge is 0.193 e. The van der Waals surface area contributed by atoms with Gasteiger partial charge in [-0.2, -0.15) is 0 Å². The molecule has 146 valence electrons. The van der Waals surface area contributed by atoms with E-state index in [9.17, 15) is 8.42 Å². The Balaban J connectivity index is 0.00000225. The van der Waals surface area contributed by atoms with Gasteiger partial charge in [0.25, 0.3) is 0 Å². The van der Waals surface area contributed by atoms with Gasteiger partial charge in [0.15, 0.2) is 15.8 Å². The van der Waals surface area contributed by atoms with Crippen molar-refractivity contribution in [2.75, 3.05) is 44.9 Å². The van der Waals surface area contributed by atoms with Crippen LogP contribution in [0.1, 0.15) is 38.5 Å². The summed E-state index contributed by atoms with van der Waals surface area (Å²) >= 11 is 0. The van der Waals surface area contributed by atoms with Gasteiger partial charge in [-0.3, -0.25) is 4.99 Å². The Labute approximate surface area is 169 Å². The zero-order valence-corrected chi connectivity index (χ0v) is 18.3. The summed E-state index contributed by atoms with van der Waals surface area (Å²) in [6.45, 7) is 3.25. The van der Waals surface area contributed by atoms with Crippen LogP contribution in [-0.2, 0) is 14.6 Å². The van der Waals surface area contributed by atoms with E-state index in [1.165, 1.54) is 25.7 Å². The summed E-state index contributed by atoms with van der Waals surface area (Å²) in [5, 5.41) is 3.62. The van der Waals surface area contributed by atoms with E-state index in [0.29, 0.717) is 30.0 Å². The summed E-state index contributed by atoms with van der Waals surface area (Å²) in [5.74, 6) is 2.32. The number of hydrogen-bond donors (Lipinski definition) is 1. The van der Waals surface area contributed by atoms with Gasteiger partial charge in [-0.05, 0) is 31.6 Å². The second-order valence-electron chi connectivity index (χ2n) is 7.67. The van der Waals surface area contributed by atoms with Crippen LogP contribution in [0.2, 0.25) is 0 Å². The quantitative estimate of drug-likeness (QED) is 0.366. The monoisotopic (exact) mass is 485 g/mol. The zero-order chi connectivity index (χ0) is 17.0. The summed E-state index contributed by atoms with van der Waals surface area (Å²) in [6, 6.07) is 0.512. The maximum absolute atomic E-state index is 11.6. The Bertz CT molecular complexity index is 543. The van der Waals surface area contributed by atoms with Gasteiger partial charge in [0.05, 0.1) is 18.1 Å². The molecule has 6 nitrogen and oxygen atoms in total. The third-order valence-electron chi connectivity index (χ3n) is 5.43. The van der Waals surface area contributed by atoms with Crippen molar-refractivity contribution in [3.63, 3.8) is 0 Å². The van der Waals surface area contributed by atoms with Gasteiger partial charge in [0.2, 0.25) is 0 Å². The highest BCUT2D eigenvalue weighted by molar-refractivity contribution is 14.0. The molecule has 3 aliphatic rings. The number of nitrogens with one attached hydrogen (secondary N) is 1. The standard InChI is InChI=1S/C17H31N3O3S.HI/c1-20(11-15-6-8-23-12-15)17(19-16-4-2-3-5-16)18-10-14-7-9-24(21,22)13-14;/h14-16H,2-13H2,1H3,(H,18,19);1H. The lowest BCUT2D eigenvalue weighted by Crippen LogP contribution is -2.45. The van der Waals surface area contributed by atoms with E-state index in [4.69, 9.17) is 9.73 Å². The highest BCUT2D eigenvalue weighted by Crippen LogP contribution is 2.20. The Morgan fingerprint density at radius 1 is 1.20 bits per heavy atom. The van der Waals surface area contributed by atoms with Crippen molar-refractivity contribution < 1.29 is 13.2 Å². The fraction of sp³-hybridized carbons (Fsp3) is 0.941. The molecule has 1 N–H and O–H groups in total. The van der Waals surface area contributed by atoms with E-state index < -0.39 is 9.84 Å². The van der Waals surface area contributed by atoms with Crippen LogP contribution in [-0.4, -0.2) is 70.2 Å². The maximum atomic E-state index is 11.6. The van der Waals surface area contributed by atoms with Gasteiger partial charge in [-0.25, -0.2) is 8.42 Å². The van der Waals surface area contributed by atoms with Crippen molar-refractivity contribution in [3.8, 4) is 0 Å². The van der Waals surface area contributed by atoms with Crippen LogP contribution in [0.5, 0.6) is 0 Å². The molecular weight excluding hydrogens is 453 g/mol. The lowest BCUT2D eigenvalue weighted by Gasteiger charge is -2.27. The van der Waals surface area contributed by atoms with Crippen molar-refractivity contribution >= 4 is 39.8 Å².